The van der Waals surface area contributed by atoms with Gasteiger partial charge in [0.15, 0.2) is 0 Å². The van der Waals surface area contributed by atoms with Crippen LogP contribution in [0.5, 0.6) is 0 Å². The SMILES string of the molecule is CCCCOCCNC(=O)c1cc(Br)c[nH]1. The van der Waals surface area contributed by atoms with Gasteiger partial charge in [-0.25, -0.2) is 0 Å². The Labute approximate surface area is 104 Å². The number of unbranched alkanes of at least 4 members (excludes halogenated alkanes) is 1. The van der Waals surface area contributed by atoms with Crippen molar-refractivity contribution in [3.63, 3.8) is 0 Å². The quantitative estimate of drug-likeness (QED) is 0.757. The summed E-state index contributed by atoms with van der Waals surface area (Å²) in [6.45, 7) is 3.99. The fraction of sp³-hybridized carbons (Fsp3) is 0.545. The maximum absolute atomic E-state index is 11.5. The predicted octanol–water partition coefficient (Wildman–Crippen LogP) is 2.32. The smallest absolute Gasteiger partial charge is 0.267 e. The molecule has 16 heavy (non-hydrogen) atoms. The van der Waals surface area contributed by atoms with E-state index in [9.17, 15) is 4.79 Å². The molecule has 0 unspecified atom stereocenters. The van der Waals surface area contributed by atoms with Gasteiger partial charge < -0.3 is 15.0 Å². The topological polar surface area (TPSA) is 54.1 Å². The zero-order chi connectivity index (χ0) is 11.8. The Morgan fingerprint density at radius 1 is 1.56 bits per heavy atom. The van der Waals surface area contributed by atoms with Crippen LogP contribution >= 0.6 is 15.9 Å². The summed E-state index contributed by atoms with van der Waals surface area (Å²) in [5, 5.41) is 2.77. The highest BCUT2D eigenvalue weighted by Crippen LogP contribution is 2.09. The Morgan fingerprint density at radius 3 is 3.00 bits per heavy atom. The Balaban J connectivity index is 2.11. The van der Waals surface area contributed by atoms with E-state index in [1.165, 1.54) is 0 Å². The number of halogens is 1. The molecule has 0 bridgehead atoms. The monoisotopic (exact) mass is 288 g/mol. The van der Waals surface area contributed by atoms with Gasteiger partial charge >= 0.3 is 0 Å². The van der Waals surface area contributed by atoms with E-state index in [1.807, 2.05) is 0 Å². The van der Waals surface area contributed by atoms with Crippen molar-refractivity contribution < 1.29 is 9.53 Å². The van der Waals surface area contributed by atoms with E-state index in [0.717, 1.165) is 23.9 Å². The van der Waals surface area contributed by atoms with Crippen molar-refractivity contribution in [3.05, 3.63) is 22.4 Å². The van der Waals surface area contributed by atoms with Gasteiger partial charge in [0.2, 0.25) is 0 Å². The Kier molecular flexibility index (Phi) is 6.18. The average molecular weight is 289 g/mol. The molecule has 0 aromatic carbocycles. The summed E-state index contributed by atoms with van der Waals surface area (Å²) in [5.74, 6) is -0.107. The van der Waals surface area contributed by atoms with Crippen LogP contribution in [0.4, 0.5) is 0 Å². The van der Waals surface area contributed by atoms with Crippen LogP contribution in [0.2, 0.25) is 0 Å². The minimum atomic E-state index is -0.107. The van der Waals surface area contributed by atoms with Crippen molar-refractivity contribution in [2.75, 3.05) is 19.8 Å². The van der Waals surface area contributed by atoms with Crippen molar-refractivity contribution in [2.24, 2.45) is 0 Å². The average Bonchev–Trinajstić information content (AvgIpc) is 2.70. The van der Waals surface area contributed by atoms with Gasteiger partial charge in [0, 0.05) is 23.8 Å². The number of ether oxygens (including phenoxy) is 1. The van der Waals surface area contributed by atoms with Gasteiger partial charge in [-0.3, -0.25) is 4.79 Å². The zero-order valence-electron chi connectivity index (χ0n) is 9.38. The minimum Gasteiger partial charge on any atom is -0.380 e. The molecule has 1 aromatic heterocycles. The second kappa shape index (κ2) is 7.46. The molecule has 4 nitrogen and oxygen atoms in total. The molecule has 5 heteroatoms. The van der Waals surface area contributed by atoms with Gasteiger partial charge in [-0.2, -0.15) is 0 Å². The number of amides is 1. The highest BCUT2D eigenvalue weighted by Gasteiger charge is 2.06. The number of carbonyl (C=O) groups is 1. The van der Waals surface area contributed by atoms with Gasteiger partial charge in [0.25, 0.3) is 5.91 Å². The molecule has 0 saturated carbocycles. The van der Waals surface area contributed by atoms with Crippen LogP contribution in [0, 0.1) is 0 Å². The van der Waals surface area contributed by atoms with Gasteiger partial charge in [0.05, 0.1) is 6.61 Å². The van der Waals surface area contributed by atoms with Gasteiger partial charge in [0.1, 0.15) is 5.69 Å². The van der Waals surface area contributed by atoms with E-state index >= 15 is 0 Å². The summed E-state index contributed by atoms with van der Waals surface area (Å²) in [7, 11) is 0. The number of nitrogens with one attached hydrogen (secondary N) is 2. The molecular formula is C11H17BrN2O2. The maximum atomic E-state index is 11.5. The summed E-state index contributed by atoms with van der Waals surface area (Å²) in [6, 6.07) is 1.74. The molecule has 1 heterocycles. The van der Waals surface area contributed by atoms with E-state index < -0.39 is 0 Å². The van der Waals surface area contributed by atoms with Crippen molar-refractivity contribution in [2.45, 2.75) is 19.8 Å². The molecule has 1 rings (SSSR count). The van der Waals surface area contributed by atoms with Crippen molar-refractivity contribution in [1.82, 2.24) is 10.3 Å². The Hall–Kier alpha value is -0.810. The third-order valence-electron chi connectivity index (χ3n) is 2.07. The molecular weight excluding hydrogens is 272 g/mol. The minimum absolute atomic E-state index is 0.107. The van der Waals surface area contributed by atoms with Gasteiger partial charge in [-0.05, 0) is 28.4 Å². The van der Waals surface area contributed by atoms with Crippen molar-refractivity contribution in [3.8, 4) is 0 Å². The first-order valence-electron chi connectivity index (χ1n) is 5.44. The third kappa shape index (κ3) is 4.81. The van der Waals surface area contributed by atoms with Crippen LogP contribution in [0.1, 0.15) is 30.3 Å². The third-order valence-corrected chi connectivity index (χ3v) is 2.52. The molecule has 90 valence electrons. The number of hydrogen-bond acceptors (Lipinski definition) is 2. The molecule has 0 radical (unpaired) electrons. The van der Waals surface area contributed by atoms with Crippen LogP contribution in [-0.4, -0.2) is 30.6 Å². The first-order chi connectivity index (χ1) is 7.74. The normalized spacial score (nSPS) is 10.4. The number of aromatic nitrogens is 1. The standard InChI is InChI=1S/C11H17BrN2O2/c1-2-3-5-16-6-4-13-11(15)10-7-9(12)8-14-10/h7-8,14H,2-6H2,1H3,(H,13,15). The van der Waals surface area contributed by atoms with E-state index in [1.54, 1.807) is 12.3 Å². The lowest BCUT2D eigenvalue weighted by Gasteiger charge is -2.04. The van der Waals surface area contributed by atoms with Crippen LogP contribution in [0.15, 0.2) is 16.7 Å². The second-order valence-corrected chi connectivity index (χ2v) is 4.37. The second-order valence-electron chi connectivity index (χ2n) is 3.45. The van der Waals surface area contributed by atoms with Crippen LogP contribution in [-0.2, 0) is 4.74 Å². The lowest BCUT2D eigenvalue weighted by atomic mass is 10.4. The summed E-state index contributed by atoms with van der Waals surface area (Å²) in [6.07, 6.45) is 3.92. The first kappa shape index (κ1) is 13.3. The summed E-state index contributed by atoms with van der Waals surface area (Å²) >= 11 is 3.27. The van der Waals surface area contributed by atoms with Crippen LogP contribution < -0.4 is 5.32 Å². The van der Waals surface area contributed by atoms with Gasteiger partial charge in [-0.1, -0.05) is 13.3 Å². The fourth-order valence-corrected chi connectivity index (χ4v) is 1.52. The summed E-state index contributed by atoms with van der Waals surface area (Å²) in [4.78, 5) is 14.4. The largest absolute Gasteiger partial charge is 0.380 e. The lowest BCUT2D eigenvalue weighted by molar-refractivity contribution is 0.0908. The summed E-state index contributed by atoms with van der Waals surface area (Å²) < 4.78 is 6.20. The molecule has 0 fully saturated rings. The number of H-pyrrole nitrogens is 1. The molecule has 0 aliphatic carbocycles. The predicted molar refractivity (Wildman–Crippen MR) is 66.6 cm³/mol. The fourth-order valence-electron chi connectivity index (χ4n) is 1.18. The molecule has 1 aromatic rings. The van der Waals surface area contributed by atoms with Crippen LogP contribution in [0.25, 0.3) is 0 Å². The molecule has 1 amide bonds. The number of rotatable bonds is 7. The first-order valence-corrected chi connectivity index (χ1v) is 6.23. The van der Waals surface area contributed by atoms with E-state index in [4.69, 9.17) is 4.74 Å². The number of hydrogen-bond donors (Lipinski definition) is 2. The van der Waals surface area contributed by atoms with E-state index in [0.29, 0.717) is 18.8 Å². The van der Waals surface area contributed by atoms with Crippen molar-refractivity contribution >= 4 is 21.8 Å². The van der Waals surface area contributed by atoms with Gasteiger partial charge in [-0.15, -0.1) is 0 Å². The highest BCUT2D eigenvalue weighted by molar-refractivity contribution is 9.10. The van der Waals surface area contributed by atoms with Crippen molar-refractivity contribution in [1.29, 1.82) is 0 Å². The van der Waals surface area contributed by atoms with Crippen LogP contribution in [0.3, 0.4) is 0 Å². The Bertz CT molecular complexity index is 326. The number of aromatic amines is 1. The number of carbonyl (C=O) groups excluding carboxylic acids is 1. The highest BCUT2D eigenvalue weighted by atomic mass is 79.9. The molecule has 2 N–H and O–H groups in total. The molecule has 0 saturated heterocycles. The molecule has 0 spiro atoms. The van der Waals surface area contributed by atoms with E-state index in [-0.39, 0.29) is 5.91 Å². The molecule has 0 aliphatic rings. The molecule has 0 aliphatic heterocycles. The lowest BCUT2D eigenvalue weighted by Crippen LogP contribution is -2.27. The van der Waals surface area contributed by atoms with E-state index in [2.05, 4.69) is 33.2 Å². The molecule has 0 atom stereocenters. The Morgan fingerprint density at radius 2 is 2.38 bits per heavy atom. The summed E-state index contributed by atoms with van der Waals surface area (Å²) in [5.41, 5.74) is 0.556. The maximum Gasteiger partial charge on any atom is 0.267 e. The zero-order valence-corrected chi connectivity index (χ0v) is 11.0.